The van der Waals surface area contributed by atoms with E-state index in [1.54, 1.807) is 13.0 Å². The van der Waals surface area contributed by atoms with Crippen LogP contribution in [0, 0.1) is 11.7 Å². The zero-order chi connectivity index (χ0) is 32.4. The number of amides is 2. The van der Waals surface area contributed by atoms with Gasteiger partial charge >= 0.3 is 5.97 Å². The second kappa shape index (κ2) is 11.5. The number of ether oxygens (including phenoxy) is 1. The molecule has 2 aliphatic heterocycles. The fourth-order valence-electron chi connectivity index (χ4n) is 6.80. The molecular formula is C32H34ClFN4O7. The summed E-state index contributed by atoms with van der Waals surface area (Å²) < 4.78 is 21.7. The van der Waals surface area contributed by atoms with Gasteiger partial charge in [0.1, 0.15) is 12.4 Å². The largest absolute Gasteiger partial charge is 0.458 e. The molecule has 0 spiro atoms. The van der Waals surface area contributed by atoms with Crippen LogP contribution in [0.1, 0.15) is 73.9 Å². The van der Waals surface area contributed by atoms with Crippen LogP contribution in [0.25, 0.3) is 22.3 Å². The van der Waals surface area contributed by atoms with Crippen molar-refractivity contribution in [3.63, 3.8) is 0 Å². The quantitative estimate of drug-likeness (QED) is 0.249. The predicted octanol–water partition coefficient (Wildman–Crippen LogP) is 2.84. The van der Waals surface area contributed by atoms with Gasteiger partial charge in [-0.3, -0.25) is 14.4 Å². The number of aliphatic hydroxyl groups is 2. The number of cyclic esters (lactones) is 1. The Balaban J connectivity index is 1.47. The summed E-state index contributed by atoms with van der Waals surface area (Å²) in [6.07, 6.45) is 0.932. The number of halogens is 2. The minimum Gasteiger partial charge on any atom is -0.458 e. The van der Waals surface area contributed by atoms with Gasteiger partial charge in [-0.2, -0.15) is 0 Å². The molecule has 4 heterocycles. The number of carbonyl (C=O) groups is 3. The van der Waals surface area contributed by atoms with Crippen molar-refractivity contribution in [1.29, 1.82) is 0 Å². The van der Waals surface area contributed by atoms with Gasteiger partial charge in [-0.05, 0) is 42.4 Å². The molecule has 13 heteroatoms. The van der Waals surface area contributed by atoms with E-state index >= 15 is 4.39 Å². The molecule has 0 bridgehead atoms. The molecule has 45 heavy (non-hydrogen) atoms. The zero-order valence-corrected chi connectivity index (χ0v) is 26.0. The van der Waals surface area contributed by atoms with Gasteiger partial charge in [-0.1, -0.05) is 32.4 Å². The normalized spacial score (nSPS) is 19.6. The molecular weight excluding hydrogens is 607 g/mol. The van der Waals surface area contributed by atoms with Crippen molar-refractivity contribution < 1.29 is 33.7 Å². The third kappa shape index (κ3) is 4.99. The molecule has 1 unspecified atom stereocenters. The fourth-order valence-corrected chi connectivity index (χ4v) is 7.05. The highest BCUT2D eigenvalue weighted by molar-refractivity contribution is 6.32. The molecule has 0 fully saturated rings. The van der Waals surface area contributed by atoms with Crippen molar-refractivity contribution in [2.75, 3.05) is 19.7 Å². The van der Waals surface area contributed by atoms with Crippen LogP contribution in [0.15, 0.2) is 16.9 Å². The van der Waals surface area contributed by atoms with Crippen LogP contribution in [-0.4, -0.2) is 62.1 Å². The van der Waals surface area contributed by atoms with Gasteiger partial charge in [-0.25, -0.2) is 14.2 Å². The Morgan fingerprint density at radius 2 is 2.02 bits per heavy atom. The van der Waals surface area contributed by atoms with Gasteiger partial charge in [-0.15, -0.1) is 0 Å². The number of nitrogens with zero attached hydrogens (tertiary/aromatic N) is 3. The van der Waals surface area contributed by atoms with Crippen LogP contribution in [0.4, 0.5) is 4.39 Å². The lowest BCUT2D eigenvalue weighted by Crippen LogP contribution is -2.44. The van der Waals surface area contributed by atoms with E-state index in [9.17, 15) is 29.4 Å². The van der Waals surface area contributed by atoms with Gasteiger partial charge in [0.05, 0.1) is 53.2 Å². The number of esters is 1. The summed E-state index contributed by atoms with van der Waals surface area (Å²) in [7, 11) is 0. The summed E-state index contributed by atoms with van der Waals surface area (Å²) in [4.78, 5) is 58.6. The Hall–Kier alpha value is -3.87. The number of aliphatic hydroxyl groups excluding tert-OH is 1. The first-order chi connectivity index (χ1) is 21.4. The standard InChI is InChI=1S/C32H34ClFN4O7/c1-4-32(44)19-10-23-29-17(12-38(23)30(42)18(19)14-45-31(32)43)27-21(6-5-16-26(27)22(36-29)11-20(34)28(16)33)35-24(40)13-37(7-8-39)25(41)9-15(2)3/h10-11,15,21,39,44H,4-9,12-14H2,1-3H3,(H,35,40)/t21?,32-/m0/s1. The summed E-state index contributed by atoms with van der Waals surface area (Å²) in [5.41, 5.74) is 0.724. The molecule has 238 valence electrons. The Morgan fingerprint density at radius 3 is 2.71 bits per heavy atom. The molecule has 3 N–H and O–H groups in total. The van der Waals surface area contributed by atoms with Gasteiger partial charge in [0.15, 0.2) is 5.60 Å². The Bertz CT molecular complexity index is 1840. The van der Waals surface area contributed by atoms with Crippen molar-refractivity contribution in [2.24, 2.45) is 5.92 Å². The SMILES string of the molecule is CC[C@@]1(O)C(=O)OCc2c1cc1n(c2=O)Cc2c-1nc1cc(F)c(Cl)c3c1c2C(NC(=O)CN(CCO)C(=O)CC(C)C)CC3. The van der Waals surface area contributed by atoms with Crippen LogP contribution in [-0.2, 0) is 44.3 Å². The van der Waals surface area contributed by atoms with Crippen LogP contribution >= 0.6 is 11.6 Å². The molecule has 0 saturated carbocycles. The van der Waals surface area contributed by atoms with Gasteiger partial charge < -0.3 is 29.7 Å². The van der Waals surface area contributed by atoms with Crippen molar-refractivity contribution in [3.05, 3.63) is 61.1 Å². The number of rotatable bonds is 8. The van der Waals surface area contributed by atoms with Crippen molar-refractivity contribution >= 4 is 40.3 Å². The number of aryl methyl sites for hydroxylation is 1. The summed E-state index contributed by atoms with van der Waals surface area (Å²) in [5, 5.41) is 24.3. The average molecular weight is 641 g/mol. The van der Waals surface area contributed by atoms with E-state index in [0.717, 1.165) is 0 Å². The zero-order valence-electron chi connectivity index (χ0n) is 25.2. The minimum atomic E-state index is -2.01. The van der Waals surface area contributed by atoms with E-state index in [1.807, 2.05) is 13.8 Å². The number of nitrogens with one attached hydrogen (secondary N) is 1. The topological polar surface area (TPSA) is 151 Å². The summed E-state index contributed by atoms with van der Waals surface area (Å²) >= 11 is 6.44. The third-order valence-corrected chi connectivity index (χ3v) is 9.43. The van der Waals surface area contributed by atoms with Crippen LogP contribution in [0.3, 0.4) is 0 Å². The first-order valence-corrected chi connectivity index (χ1v) is 15.5. The first-order valence-electron chi connectivity index (χ1n) is 15.1. The van der Waals surface area contributed by atoms with E-state index in [-0.39, 0.29) is 79.2 Å². The smallest absolute Gasteiger partial charge is 0.343 e. The Morgan fingerprint density at radius 1 is 1.27 bits per heavy atom. The average Bonchev–Trinajstić information content (AvgIpc) is 3.36. The monoisotopic (exact) mass is 640 g/mol. The molecule has 1 aromatic carbocycles. The van der Waals surface area contributed by atoms with Crippen LogP contribution in [0.2, 0.25) is 5.02 Å². The molecule has 0 saturated heterocycles. The highest BCUT2D eigenvalue weighted by Crippen LogP contribution is 2.46. The summed E-state index contributed by atoms with van der Waals surface area (Å²) in [6.45, 7) is 4.66. The van der Waals surface area contributed by atoms with E-state index in [0.29, 0.717) is 46.3 Å². The second-order valence-corrected chi connectivity index (χ2v) is 12.7. The minimum absolute atomic E-state index is 0.00940. The molecule has 11 nitrogen and oxygen atoms in total. The number of aromatic nitrogens is 2. The maximum Gasteiger partial charge on any atom is 0.343 e. The highest BCUT2D eigenvalue weighted by atomic mass is 35.5. The molecule has 3 aliphatic rings. The first kappa shape index (κ1) is 31.1. The van der Waals surface area contributed by atoms with Crippen molar-refractivity contribution in [1.82, 2.24) is 19.8 Å². The Labute approximate surface area is 262 Å². The Kier molecular flexibility index (Phi) is 7.95. The number of pyridine rings is 2. The highest BCUT2D eigenvalue weighted by Gasteiger charge is 2.46. The van der Waals surface area contributed by atoms with Crippen molar-refractivity contribution in [3.8, 4) is 11.4 Å². The van der Waals surface area contributed by atoms with Gasteiger partial charge in [0, 0.05) is 35.5 Å². The molecule has 2 aromatic heterocycles. The maximum atomic E-state index is 15.0. The number of benzene rings is 1. The number of fused-ring (bicyclic) bond motifs is 5. The predicted molar refractivity (Wildman–Crippen MR) is 162 cm³/mol. The molecule has 2 atom stereocenters. The molecule has 1 aliphatic carbocycles. The van der Waals surface area contributed by atoms with E-state index in [1.165, 1.54) is 15.5 Å². The summed E-state index contributed by atoms with van der Waals surface area (Å²) in [6, 6.07) is 2.22. The number of hydrogen-bond acceptors (Lipinski definition) is 8. The second-order valence-electron chi connectivity index (χ2n) is 12.3. The molecule has 6 rings (SSSR count). The maximum absolute atomic E-state index is 15.0. The molecule has 2 amide bonds. The lowest BCUT2D eigenvalue weighted by molar-refractivity contribution is -0.172. The van der Waals surface area contributed by atoms with Crippen LogP contribution in [0.5, 0.6) is 0 Å². The number of carbonyl (C=O) groups excluding carboxylic acids is 3. The molecule has 3 aromatic rings. The molecule has 0 radical (unpaired) electrons. The lowest BCUT2D eigenvalue weighted by Gasteiger charge is -2.31. The van der Waals surface area contributed by atoms with E-state index in [4.69, 9.17) is 21.3 Å². The number of hydrogen-bond donors (Lipinski definition) is 3. The summed E-state index contributed by atoms with van der Waals surface area (Å²) in [5.74, 6) is -2.10. The lowest BCUT2D eigenvalue weighted by atomic mass is 9.83. The van der Waals surface area contributed by atoms with Gasteiger partial charge in [0.2, 0.25) is 11.8 Å². The van der Waals surface area contributed by atoms with Gasteiger partial charge in [0.25, 0.3) is 5.56 Å². The van der Waals surface area contributed by atoms with E-state index < -0.39 is 34.9 Å². The van der Waals surface area contributed by atoms with Crippen molar-refractivity contribution in [2.45, 2.75) is 71.2 Å². The van der Waals surface area contributed by atoms with E-state index in [2.05, 4.69) is 5.32 Å². The third-order valence-electron chi connectivity index (χ3n) is 9.02. The fraction of sp³-hybridized carbons (Fsp3) is 0.469. The van der Waals surface area contributed by atoms with Crippen LogP contribution < -0.4 is 10.9 Å².